The summed E-state index contributed by atoms with van der Waals surface area (Å²) in [6, 6.07) is 3.49. The fourth-order valence-electron chi connectivity index (χ4n) is 3.38. The number of nitrogens with zero attached hydrogens (tertiary/aromatic N) is 3. The van der Waals surface area contributed by atoms with Crippen LogP contribution >= 0.6 is 11.6 Å². The van der Waals surface area contributed by atoms with E-state index in [0.717, 1.165) is 5.82 Å². The third kappa shape index (κ3) is 5.31. The van der Waals surface area contributed by atoms with Gasteiger partial charge in [0.1, 0.15) is 11.9 Å². The zero-order valence-electron chi connectivity index (χ0n) is 15.8. The van der Waals surface area contributed by atoms with Crippen molar-refractivity contribution in [2.75, 3.05) is 24.5 Å². The van der Waals surface area contributed by atoms with Crippen molar-refractivity contribution < 1.29 is 19.9 Å². The number of hydroxylamine groups is 1. The van der Waals surface area contributed by atoms with Crippen LogP contribution in [0.5, 0.6) is 0 Å². The number of nitrogens with one attached hydrogen (secondary N) is 1. The molecule has 2 rings (SSSR count). The number of hydrogen-bond donors (Lipinski definition) is 3. The van der Waals surface area contributed by atoms with E-state index in [0.29, 0.717) is 31.1 Å². The summed E-state index contributed by atoms with van der Waals surface area (Å²) in [7, 11) is 0. The molecule has 3 atom stereocenters. The first-order valence-corrected chi connectivity index (χ1v) is 9.41. The van der Waals surface area contributed by atoms with Crippen molar-refractivity contribution in [1.29, 1.82) is 0 Å². The van der Waals surface area contributed by atoms with Gasteiger partial charge in [0.15, 0.2) is 0 Å². The highest BCUT2D eigenvalue weighted by Crippen LogP contribution is 2.24. The number of aliphatic hydroxyl groups excluding tert-OH is 1. The van der Waals surface area contributed by atoms with E-state index in [2.05, 4.69) is 9.88 Å². The lowest BCUT2D eigenvalue weighted by atomic mass is 9.89. The lowest BCUT2D eigenvalue weighted by molar-refractivity contribution is -0.152. The first-order valence-electron chi connectivity index (χ1n) is 9.03. The lowest BCUT2D eigenvalue weighted by Crippen LogP contribution is -2.57. The Morgan fingerprint density at radius 1 is 1.37 bits per heavy atom. The molecule has 0 unspecified atom stereocenters. The van der Waals surface area contributed by atoms with Crippen molar-refractivity contribution in [3.05, 3.63) is 23.4 Å². The number of hydrogen-bond acceptors (Lipinski definition) is 6. The summed E-state index contributed by atoms with van der Waals surface area (Å²) in [6.45, 7) is 7.37. The van der Waals surface area contributed by atoms with Crippen molar-refractivity contribution >= 4 is 29.2 Å². The predicted octanol–water partition coefficient (Wildman–Crippen LogP) is 1.30. The molecule has 0 saturated carbocycles. The number of rotatable bonds is 6. The highest BCUT2D eigenvalue weighted by molar-refractivity contribution is 6.30. The Hall–Kier alpha value is -1.90. The molecule has 8 nitrogen and oxygen atoms in total. The molecule has 0 radical (unpaired) electrons. The second-order valence-electron chi connectivity index (χ2n) is 7.32. The fourth-order valence-corrected chi connectivity index (χ4v) is 3.49. The molecule has 0 aliphatic carbocycles. The molecular formula is C18H27ClN4O4. The van der Waals surface area contributed by atoms with Gasteiger partial charge in [-0.3, -0.25) is 14.8 Å². The van der Waals surface area contributed by atoms with Gasteiger partial charge in [0.2, 0.25) is 5.91 Å². The minimum absolute atomic E-state index is 0.106. The van der Waals surface area contributed by atoms with Gasteiger partial charge < -0.3 is 14.9 Å². The Morgan fingerprint density at radius 2 is 2.07 bits per heavy atom. The number of aromatic nitrogens is 1. The third-order valence-electron chi connectivity index (χ3n) is 4.75. The number of piperazine rings is 1. The third-order valence-corrected chi connectivity index (χ3v) is 4.97. The van der Waals surface area contributed by atoms with Crippen LogP contribution in [0.3, 0.4) is 0 Å². The summed E-state index contributed by atoms with van der Waals surface area (Å²) in [5, 5.41) is 19.6. The number of aliphatic hydroxyl groups is 1. The van der Waals surface area contributed by atoms with Crippen LogP contribution in [-0.4, -0.2) is 63.8 Å². The summed E-state index contributed by atoms with van der Waals surface area (Å²) in [5.41, 5.74) is 1.43. The molecule has 2 heterocycles. The highest BCUT2D eigenvalue weighted by Gasteiger charge is 2.38. The van der Waals surface area contributed by atoms with E-state index in [1.54, 1.807) is 17.2 Å². The summed E-state index contributed by atoms with van der Waals surface area (Å²) in [6.07, 6.45) is 0.341. The van der Waals surface area contributed by atoms with Crippen molar-refractivity contribution in [3.8, 4) is 0 Å². The molecule has 9 heteroatoms. The minimum atomic E-state index is -1.59. The van der Waals surface area contributed by atoms with Crippen molar-refractivity contribution in [2.45, 2.75) is 39.3 Å². The van der Waals surface area contributed by atoms with Crippen molar-refractivity contribution in [3.63, 3.8) is 0 Å². The Labute approximate surface area is 164 Å². The summed E-state index contributed by atoms with van der Waals surface area (Å²) in [5.74, 6) is -1.26. The van der Waals surface area contributed by atoms with Crippen LogP contribution in [0.1, 0.15) is 27.2 Å². The van der Waals surface area contributed by atoms with E-state index in [-0.39, 0.29) is 17.9 Å². The van der Waals surface area contributed by atoms with Gasteiger partial charge in [-0.15, -0.1) is 0 Å². The van der Waals surface area contributed by atoms with Crippen LogP contribution in [0.2, 0.25) is 5.02 Å². The lowest BCUT2D eigenvalue weighted by Gasteiger charge is -2.42. The quantitative estimate of drug-likeness (QED) is 0.492. The van der Waals surface area contributed by atoms with E-state index in [4.69, 9.17) is 16.8 Å². The summed E-state index contributed by atoms with van der Waals surface area (Å²) >= 11 is 5.88. The second kappa shape index (κ2) is 9.34. The molecule has 0 bridgehead atoms. The molecule has 27 heavy (non-hydrogen) atoms. The Bertz CT molecular complexity index is 655. The molecule has 1 aliphatic rings. The van der Waals surface area contributed by atoms with Crippen molar-refractivity contribution in [1.82, 2.24) is 15.4 Å². The Balaban J connectivity index is 2.10. The standard InChI is InChI=1S/C18H27ClN4O4/c1-11(2)8-14(16(24)17(25)21-27)18(26)23-7-6-22(10-12(23)3)15-5-4-13(19)9-20-15/h4-5,9,11-12,14,16,24,27H,6-8,10H2,1-3H3,(H,21,25)/t12-,14+,16-/m1/s1. The van der Waals surface area contributed by atoms with Gasteiger partial charge >= 0.3 is 0 Å². The molecule has 0 aromatic carbocycles. The molecule has 2 amide bonds. The molecule has 1 aromatic heterocycles. The summed E-state index contributed by atoms with van der Waals surface area (Å²) in [4.78, 5) is 32.8. The van der Waals surface area contributed by atoms with Gasteiger partial charge in [0.05, 0.1) is 10.9 Å². The summed E-state index contributed by atoms with van der Waals surface area (Å²) < 4.78 is 0. The molecule has 3 N–H and O–H groups in total. The zero-order chi connectivity index (χ0) is 20.1. The van der Waals surface area contributed by atoms with Crippen LogP contribution in [-0.2, 0) is 9.59 Å². The topological polar surface area (TPSA) is 106 Å². The van der Waals surface area contributed by atoms with E-state index in [9.17, 15) is 14.7 Å². The fraction of sp³-hybridized carbons (Fsp3) is 0.611. The molecule has 1 aromatic rings. The van der Waals surface area contributed by atoms with Gasteiger partial charge in [0, 0.05) is 31.9 Å². The minimum Gasteiger partial charge on any atom is -0.382 e. The van der Waals surface area contributed by atoms with Crippen LogP contribution < -0.4 is 10.4 Å². The van der Waals surface area contributed by atoms with Gasteiger partial charge in [0.25, 0.3) is 5.91 Å². The van der Waals surface area contributed by atoms with Crippen LogP contribution in [0.4, 0.5) is 5.82 Å². The molecule has 1 fully saturated rings. The predicted molar refractivity (Wildman–Crippen MR) is 102 cm³/mol. The maximum atomic E-state index is 13.0. The van der Waals surface area contributed by atoms with Gasteiger partial charge in [-0.2, -0.15) is 0 Å². The number of carbonyl (C=O) groups is 2. The Morgan fingerprint density at radius 3 is 2.59 bits per heavy atom. The van der Waals surface area contributed by atoms with E-state index in [1.807, 2.05) is 26.8 Å². The van der Waals surface area contributed by atoms with E-state index < -0.39 is 17.9 Å². The average Bonchev–Trinajstić information content (AvgIpc) is 2.64. The van der Waals surface area contributed by atoms with Gasteiger partial charge in [-0.25, -0.2) is 10.5 Å². The first kappa shape index (κ1) is 21.4. The van der Waals surface area contributed by atoms with E-state index >= 15 is 0 Å². The number of halogens is 1. The number of anilines is 1. The Kier molecular flexibility index (Phi) is 7.41. The SMILES string of the molecule is CC(C)C[C@H](C(=O)N1CCN(c2ccc(Cl)cn2)C[C@H]1C)[C@@H](O)C(=O)NO. The molecular weight excluding hydrogens is 372 g/mol. The molecule has 1 aliphatic heterocycles. The molecule has 1 saturated heterocycles. The maximum absolute atomic E-state index is 13.0. The smallest absolute Gasteiger partial charge is 0.272 e. The molecule has 0 spiro atoms. The highest BCUT2D eigenvalue weighted by atomic mass is 35.5. The largest absolute Gasteiger partial charge is 0.382 e. The molecule has 150 valence electrons. The van der Waals surface area contributed by atoms with Crippen LogP contribution in [0.25, 0.3) is 0 Å². The van der Waals surface area contributed by atoms with E-state index in [1.165, 1.54) is 5.48 Å². The second-order valence-corrected chi connectivity index (χ2v) is 7.75. The number of amides is 2. The van der Waals surface area contributed by atoms with Gasteiger partial charge in [-0.05, 0) is 31.4 Å². The van der Waals surface area contributed by atoms with Crippen molar-refractivity contribution in [2.24, 2.45) is 11.8 Å². The number of pyridine rings is 1. The number of carbonyl (C=O) groups excluding carboxylic acids is 2. The first-order chi connectivity index (χ1) is 12.7. The van der Waals surface area contributed by atoms with Crippen LogP contribution in [0, 0.1) is 11.8 Å². The monoisotopic (exact) mass is 398 g/mol. The normalized spacial score (nSPS) is 19.7. The maximum Gasteiger partial charge on any atom is 0.272 e. The van der Waals surface area contributed by atoms with Gasteiger partial charge in [-0.1, -0.05) is 25.4 Å². The zero-order valence-corrected chi connectivity index (χ0v) is 16.6. The van der Waals surface area contributed by atoms with Crippen LogP contribution in [0.15, 0.2) is 18.3 Å². The average molecular weight is 399 g/mol.